The van der Waals surface area contributed by atoms with Crippen LogP contribution in [-0.4, -0.2) is 25.4 Å². The van der Waals surface area contributed by atoms with E-state index < -0.39 is 6.17 Å². The van der Waals surface area contributed by atoms with Crippen LogP contribution < -0.4 is 9.64 Å². The van der Waals surface area contributed by atoms with Gasteiger partial charge in [0.05, 0.1) is 12.6 Å². The Balaban J connectivity index is 0.00000225. The van der Waals surface area contributed by atoms with Crippen LogP contribution in [0.25, 0.3) is 0 Å². The van der Waals surface area contributed by atoms with Crippen LogP contribution >= 0.6 is 0 Å². The summed E-state index contributed by atoms with van der Waals surface area (Å²) >= 11 is 0. The van der Waals surface area contributed by atoms with E-state index in [9.17, 15) is 4.39 Å². The van der Waals surface area contributed by atoms with E-state index in [4.69, 9.17) is 13.9 Å². The van der Waals surface area contributed by atoms with Crippen LogP contribution in [0.4, 0.5) is 10.1 Å². The van der Waals surface area contributed by atoms with E-state index in [1.165, 1.54) is 0 Å². The Morgan fingerprint density at radius 3 is 2.50 bits per heavy atom. The summed E-state index contributed by atoms with van der Waals surface area (Å²) in [6.45, 7) is 1.30. The van der Waals surface area contributed by atoms with Gasteiger partial charge in [0.25, 0.3) is 0 Å². The summed E-state index contributed by atoms with van der Waals surface area (Å²) in [4.78, 5) is 2.06. The third-order valence-corrected chi connectivity index (χ3v) is 4.67. The number of ether oxygens (including phenoxy) is 2. The molecule has 1 saturated heterocycles. The number of furan rings is 1. The van der Waals surface area contributed by atoms with Crippen LogP contribution in [0, 0.1) is 6.26 Å². The Bertz CT molecular complexity index is 827. The molecule has 0 saturated carbocycles. The van der Waals surface area contributed by atoms with Gasteiger partial charge in [-0.15, -0.1) is 6.07 Å². The van der Waals surface area contributed by atoms with E-state index >= 15 is 0 Å². The molecule has 1 aliphatic rings. The molecule has 3 aromatic rings. The number of benzene rings is 2. The number of halogens is 1. The van der Waals surface area contributed by atoms with Crippen LogP contribution in [0.1, 0.15) is 12.2 Å². The van der Waals surface area contributed by atoms with Crippen LogP contribution in [0.3, 0.4) is 0 Å². The Morgan fingerprint density at radius 2 is 1.79 bits per heavy atom. The van der Waals surface area contributed by atoms with E-state index in [1.807, 2.05) is 54.6 Å². The SMILES string of the molecule is FC1CCN(c2ccc(Oc3ccccc3)cc2)C1COCc1cc[c-]o1.[Y]. The minimum atomic E-state index is -0.909. The van der Waals surface area contributed by atoms with Crippen molar-refractivity contribution >= 4 is 5.69 Å². The molecule has 4 rings (SSSR count). The Kier molecular flexibility index (Phi) is 7.66. The van der Waals surface area contributed by atoms with Gasteiger partial charge in [-0.05, 0) is 54.8 Å². The molecule has 1 fully saturated rings. The molecule has 1 aliphatic heterocycles. The van der Waals surface area contributed by atoms with Crippen molar-refractivity contribution in [3.05, 3.63) is 78.8 Å². The van der Waals surface area contributed by atoms with Crippen molar-refractivity contribution in [1.82, 2.24) is 0 Å². The molecular weight excluding hydrogens is 434 g/mol. The van der Waals surface area contributed by atoms with Gasteiger partial charge in [0, 0.05) is 51.5 Å². The van der Waals surface area contributed by atoms with Crippen molar-refractivity contribution < 1.29 is 51.0 Å². The number of alkyl halides is 1. The molecule has 4 nitrogen and oxygen atoms in total. The Morgan fingerprint density at radius 1 is 1.04 bits per heavy atom. The maximum Gasteiger partial charge on any atom is 0.127 e. The quantitative estimate of drug-likeness (QED) is 0.470. The van der Waals surface area contributed by atoms with Gasteiger partial charge in [-0.3, -0.25) is 0 Å². The van der Waals surface area contributed by atoms with Gasteiger partial charge in [-0.2, -0.15) is 6.07 Å². The van der Waals surface area contributed by atoms with E-state index in [0.29, 0.717) is 31.9 Å². The number of nitrogens with zero attached hydrogens (tertiary/aromatic N) is 1. The molecule has 1 radical (unpaired) electrons. The molecule has 0 spiro atoms. The second-order valence-corrected chi connectivity index (χ2v) is 6.51. The predicted molar refractivity (Wildman–Crippen MR) is 101 cm³/mol. The number of rotatable bonds is 7. The Hall–Kier alpha value is -1.69. The summed E-state index contributed by atoms with van der Waals surface area (Å²) in [6, 6.07) is 20.6. The summed E-state index contributed by atoms with van der Waals surface area (Å²) in [7, 11) is 0. The molecule has 2 atom stereocenters. The zero-order valence-corrected chi connectivity index (χ0v) is 18.3. The van der Waals surface area contributed by atoms with Crippen LogP contribution in [0.2, 0.25) is 0 Å². The fourth-order valence-electron chi connectivity index (χ4n) is 3.29. The fraction of sp³-hybridized carbons (Fsp3) is 0.273. The fourth-order valence-corrected chi connectivity index (χ4v) is 3.29. The van der Waals surface area contributed by atoms with E-state index in [0.717, 1.165) is 17.2 Å². The summed E-state index contributed by atoms with van der Waals surface area (Å²) < 4.78 is 31.0. The minimum Gasteiger partial charge on any atom is -0.593 e. The van der Waals surface area contributed by atoms with E-state index in [1.54, 1.807) is 12.1 Å². The topological polar surface area (TPSA) is 34.8 Å². The van der Waals surface area contributed by atoms with Crippen LogP contribution in [-0.2, 0) is 44.1 Å². The van der Waals surface area contributed by atoms with E-state index in [-0.39, 0.29) is 38.8 Å². The molecule has 2 heterocycles. The van der Waals surface area contributed by atoms with E-state index in [2.05, 4.69) is 11.2 Å². The molecular formula is C22H21FNO3Y-. The summed E-state index contributed by atoms with van der Waals surface area (Å²) in [5.41, 5.74) is 0.968. The minimum absolute atomic E-state index is 0. The Labute approximate surface area is 189 Å². The molecule has 0 aliphatic carbocycles. The van der Waals surface area contributed by atoms with Gasteiger partial charge < -0.3 is 18.8 Å². The van der Waals surface area contributed by atoms with Crippen molar-refractivity contribution in [3.63, 3.8) is 0 Å². The molecule has 2 unspecified atom stereocenters. The number of hydrogen-bond acceptors (Lipinski definition) is 4. The number of para-hydroxylation sites is 1. The largest absolute Gasteiger partial charge is 0.593 e. The smallest absolute Gasteiger partial charge is 0.127 e. The van der Waals surface area contributed by atoms with Crippen molar-refractivity contribution in [1.29, 1.82) is 0 Å². The first-order valence-electron chi connectivity index (χ1n) is 9.06. The molecule has 2 aromatic carbocycles. The van der Waals surface area contributed by atoms with Crippen LogP contribution in [0.15, 0.2) is 71.1 Å². The molecule has 0 amide bonds. The molecule has 1 aromatic heterocycles. The first-order chi connectivity index (χ1) is 13.3. The van der Waals surface area contributed by atoms with Crippen molar-refractivity contribution in [2.75, 3.05) is 18.1 Å². The van der Waals surface area contributed by atoms with Gasteiger partial charge in [-0.1, -0.05) is 18.2 Å². The predicted octanol–water partition coefficient (Wildman–Crippen LogP) is 5.00. The molecule has 143 valence electrons. The summed E-state index contributed by atoms with van der Waals surface area (Å²) in [6.07, 6.45) is 2.22. The molecule has 28 heavy (non-hydrogen) atoms. The zero-order valence-electron chi connectivity index (χ0n) is 15.5. The molecule has 0 N–H and O–H groups in total. The van der Waals surface area contributed by atoms with Crippen molar-refractivity contribution in [2.45, 2.75) is 25.2 Å². The zero-order chi connectivity index (χ0) is 18.5. The normalized spacial score (nSPS) is 18.7. The average molecular weight is 455 g/mol. The second-order valence-electron chi connectivity index (χ2n) is 6.51. The van der Waals surface area contributed by atoms with Crippen molar-refractivity contribution in [3.8, 4) is 11.5 Å². The number of hydrogen-bond donors (Lipinski definition) is 0. The monoisotopic (exact) mass is 455 g/mol. The molecule has 6 heteroatoms. The third kappa shape index (κ3) is 5.22. The second kappa shape index (κ2) is 10.2. The van der Waals surface area contributed by atoms with Gasteiger partial charge >= 0.3 is 0 Å². The van der Waals surface area contributed by atoms with Crippen molar-refractivity contribution in [2.24, 2.45) is 0 Å². The summed E-state index contributed by atoms with van der Waals surface area (Å²) in [5.74, 6) is 2.23. The first-order valence-corrected chi connectivity index (χ1v) is 9.06. The van der Waals surface area contributed by atoms with Gasteiger partial charge in [-0.25, -0.2) is 4.39 Å². The standard InChI is InChI=1S/C22H21FNO3.Y/c23-21-12-13-24(22(21)16-25-15-20-7-4-14-26-20)17-8-10-19(11-9-17)27-18-5-2-1-3-6-18;/h1-11,21-22H,12-13,15-16H2;/q-1;. The molecule has 0 bridgehead atoms. The van der Waals surface area contributed by atoms with Gasteiger partial charge in [0.15, 0.2) is 0 Å². The van der Waals surface area contributed by atoms with Crippen LogP contribution in [0.5, 0.6) is 11.5 Å². The maximum absolute atomic E-state index is 14.4. The van der Waals surface area contributed by atoms with Gasteiger partial charge in [0.1, 0.15) is 17.7 Å². The average Bonchev–Trinajstić information content (AvgIpc) is 3.34. The third-order valence-electron chi connectivity index (χ3n) is 4.67. The first kappa shape index (κ1) is 21.0. The maximum atomic E-state index is 14.4. The number of anilines is 1. The van der Waals surface area contributed by atoms with Gasteiger partial charge in [0.2, 0.25) is 0 Å². The summed E-state index contributed by atoms with van der Waals surface area (Å²) in [5, 5.41) is 0.